The molecule has 0 spiro atoms. The first-order valence-electron chi connectivity index (χ1n) is 9.14. The summed E-state index contributed by atoms with van der Waals surface area (Å²) in [5, 5.41) is 22.9. The van der Waals surface area contributed by atoms with E-state index in [9.17, 15) is 10.1 Å². The number of nitrogens with one attached hydrogen (secondary N) is 1. The van der Waals surface area contributed by atoms with Crippen molar-refractivity contribution in [2.45, 2.75) is 6.54 Å². The fourth-order valence-electron chi connectivity index (χ4n) is 3.67. The number of nitriles is 1. The smallest absolute Gasteiger partial charge is 0.272 e. The first kappa shape index (κ1) is 18.2. The van der Waals surface area contributed by atoms with Crippen LogP contribution in [0.4, 0.5) is 0 Å². The van der Waals surface area contributed by atoms with Crippen LogP contribution in [0.3, 0.4) is 0 Å². The van der Waals surface area contributed by atoms with E-state index >= 15 is 0 Å². The Hall–Kier alpha value is -3.87. The maximum atomic E-state index is 12.2. The van der Waals surface area contributed by atoms with Crippen LogP contribution in [-0.2, 0) is 13.6 Å². The number of hydrogen-bond donors (Lipinski definition) is 2. The van der Waals surface area contributed by atoms with Gasteiger partial charge in [-0.25, -0.2) is 10.1 Å². The topological polar surface area (TPSA) is 126 Å². The SMILES string of the molecule is Cn1ncc(-c2ccc3c(=O)[nH]nc(CN)c3c2)c1-c1sc2ncccc2c1C#N. The second-order valence-corrected chi connectivity index (χ2v) is 7.77. The van der Waals surface area contributed by atoms with Gasteiger partial charge in [0.25, 0.3) is 5.56 Å². The third kappa shape index (κ3) is 2.62. The van der Waals surface area contributed by atoms with Gasteiger partial charge in [0.2, 0.25) is 0 Å². The van der Waals surface area contributed by atoms with Gasteiger partial charge in [-0.2, -0.15) is 15.5 Å². The second-order valence-electron chi connectivity index (χ2n) is 6.77. The standard InChI is InChI=1S/C21H15N7OS/c1-28-18(19-15(8-22)13-3-2-6-24-21(13)30-19)16(10-25-28)11-4-5-12-14(7-11)17(9-23)26-27-20(12)29/h2-7,10H,9,23H2,1H3,(H,27,29). The summed E-state index contributed by atoms with van der Waals surface area (Å²) < 4.78 is 1.75. The number of nitrogens with zero attached hydrogens (tertiary/aromatic N) is 5. The summed E-state index contributed by atoms with van der Waals surface area (Å²) in [6.45, 7) is 0.206. The van der Waals surface area contributed by atoms with Crippen LogP contribution in [0.1, 0.15) is 11.3 Å². The third-order valence-corrected chi connectivity index (χ3v) is 6.22. The zero-order valence-corrected chi connectivity index (χ0v) is 16.7. The molecule has 0 aliphatic heterocycles. The van der Waals surface area contributed by atoms with Crippen LogP contribution in [0, 0.1) is 11.3 Å². The number of aryl methyl sites for hydroxylation is 1. The molecular formula is C21H15N7OS. The number of aromatic nitrogens is 5. The highest BCUT2D eigenvalue weighted by Gasteiger charge is 2.21. The molecule has 0 aliphatic rings. The summed E-state index contributed by atoms with van der Waals surface area (Å²) in [5.74, 6) is 0. The predicted molar refractivity (Wildman–Crippen MR) is 116 cm³/mol. The second kappa shape index (κ2) is 6.88. The molecule has 0 radical (unpaired) electrons. The summed E-state index contributed by atoms with van der Waals surface area (Å²) in [6.07, 6.45) is 3.48. The summed E-state index contributed by atoms with van der Waals surface area (Å²) in [7, 11) is 1.84. The molecule has 0 bridgehead atoms. The van der Waals surface area contributed by atoms with E-state index in [-0.39, 0.29) is 12.1 Å². The Bertz CT molecular complexity index is 1540. The van der Waals surface area contributed by atoms with Crippen molar-refractivity contribution in [3.05, 3.63) is 64.3 Å². The number of aromatic amines is 1. The van der Waals surface area contributed by atoms with E-state index in [1.54, 1.807) is 23.1 Å². The number of nitrogens with two attached hydrogens (primary N) is 1. The molecule has 30 heavy (non-hydrogen) atoms. The maximum Gasteiger partial charge on any atom is 0.272 e. The lowest BCUT2D eigenvalue weighted by Gasteiger charge is -2.08. The van der Waals surface area contributed by atoms with Gasteiger partial charge >= 0.3 is 0 Å². The summed E-state index contributed by atoms with van der Waals surface area (Å²) in [6, 6.07) is 11.6. The van der Waals surface area contributed by atoms with Crippen LogP contribution in [-0.4, -0.2) is 25.0 Å². The maximum absolute atomic E-state index is 12.2. The Balaban J connectivity index is 1.79. The molecule has 0 unspecified atom stereocenters. The van der Waals surface area contributed by atoms with Crippen LogP contribution >= 0.6 is 11.3 Å². The zero-order chi connectivity index (χ0) is 20.8. The third-order valence-electron chi connectivity index (χ3n) is 5.10. The van der Waals surface area contributed by atoms with E-state index in [0.717, 1.165) is 31.9 Å². The molecule has 0 fully saturated rings. The van der Waals surface area contributed by atoms with Gasteiger partial charge in [0.1, 0.15) is 10.9 Å². The molecule has 0 amide bonds. The predicted octanol–water partition coefficient (Wildman–Crippen LogP) is 2.93. The zero-order valence-electron chi connectivity index (χ0n) is 15.9. The van der Waals surface area contributed by atoms with E-state index in [1.165, 1.54) is 11.3 Å². The average molecular weight is 413 g/mol. The lowest BCUT2D eigenvalue weighted by molar-refractivity contribution is 0.777. The highest BCUT2D eigenvalue weighted by atomic mass is 32.1. The molecule has 8 nitrogen and oxygen atoms in total. The van der Waals surface area contributed by atoms with Crippen LogP contribution in [0.2, 0.25) is 0 Å². The molecule has 1 aromatic carbocycles. The highest BCUT2D eigenvalue weighted by molar-refractivity contribution is 7.22. The number of fused-ring (bicyclic) bond motifs is 2. The van der Waals surface area contributed by atoms with E-state index < -0.39 is 0 Å². The molecule has 3 N–H and O–H groups in total. The van der Waals surface area contributed by atoms with Crippen molar-refractivity contribution in [1.82, 2.24) is 25.0 Å². The number of benzene rings is 1. The van der Waals surface area contributed by atoms with Crippen LogP contribution in [0.25, 0.3) is 42.7 Å². The molecule has 0 saturated carbocycles. The van der Waals surface area contributed by atoms with Crippen molar-refractivity contribution in [2.75, 3.05) is 0 Å². The molecule has 146 valence electrons. The summed E-state index contributed by atoms with van der Waals surface area (Å²) >= 11 is 1.46. The van der Waals surface area contributed by atoms with Gasteiger partial charge < -0.3 is 5.73 Å². The fourth-order valence-corrected chi connectivity index (χ4v) is 4.85. The molecular weight excluding hydrogens is 398 g/mol. The number of H-pyrrole nitrogens is 1. The summed E-state index contributed by atoms with van der Waals surface area (Å²) in [4.78, 5) is 18.2. The quantitative estimate of drug-likeness (QED) is 0.468. The molecule has 5 rings (SSSR count). The first-order valence-corrected chi connectivity index (χ1v) is 9.95. The number of thiophene rings is 1. The van der Waals surface area contributed by atoms with Gasteiger partial charge in [0.15, 0.2) is 0 Å². The lowest BCUT2D eigenvalue weighted by Crippen LogP contribution is -2.13. The van der Waals surface area contributed by atoms with E-state index in [2.05, 4.69) is 26.3 Å². The van der Waals surface area contributed by atoms with Gasteiger partial charge in [0, 0.05) is 36.1 Å². The number of hydrogen-bond acceptors (Lipinski definition) is 7. The van der Waals surface area contributed by atoms with Gasteiger partial charge in [-0.1, -0.05) is 6.07 Å². The number of rotatable bonds is 3. The van der Waals surface area contributed by atoms with E-state index in [0.29, 0.717) is 22.0 Å². The molecule has 0 aliphatic carbocycles. The Labute approximate surface area is 174 Å². The Kier molecular flexibility index (Phi) is 4.17. The molecule has 9 heteroatoms. The van der Waals surface area contributed by atoms with Gasteiger partial charge in [-0.3, -0.25) is 9.48 Å². The van der Waals surface area contributed by atoms with Crippen molar-refractivity contribution < 1.29 is 0 Å². The molecule has 0 atom stereocenters. The largest absolute Gasteiger partial charge is 0.325 e. The minimum atomic E-state index is -0.262. The van der Waals surface area contributed by atoms with Gasteiger partial charge in [-0.15, -0.1) is 11.3 Å². The van der Waals surface area contributed by atoms with Crippen molar-refractivity contribution in [3.8, 4) is 27.8 Å². The van der Waals surface area contributed by atoms with E-state index in [1.807, 2.05) is 31.3 Å². The highest BCUT2D eigenvalue weighted by Crippen LogP contribution is 2.41. The lowest BCUT2D eigenvalue weighted by atomic mass is 10.00. The van der Waals surface area contributed by atoms with Gasteiger partial charge in [0.05, 0.1) is 33.4 Å². The first-order chi connectivity index (χ1) is 14.6. The van der Waals surface area contributed by atoms with E-state index in [4.69, 9.17) is 5.73 Å². The normalized spacial score (nSPS) is 11.2. The fraction of sp³-hybridized carbons (Fsp3) is 0.0952. The minimum Gasteiger partial charge on any atom is -0.325 e. The molecule has 5 aromatic rings. The Morgan fingerprint density at radius 3 is 2.93 bits per heavy atom. The molecule has 0 saturated heterocycles. The van der Waals surface area contributed by atoms with Crippen molar-refractivity contribution in [1.29, 1.82) is 5.26 Å². The van der Waals surface area contributed by atoms with Gasteiger partial charge in [-0.05, 0) is 29.8 Å². The van der Waals surface area contributed by atoms with Crippen LogP contribution in [0.15, 0.2) is 47.5 Å². The molecule has 4 aromatic heterocycles. The van der Waals surface area contributed by atoms with Crippen molar-refractivity contribution >= 4 is 32.3 Å². The van der Waals surface area contributed by atoms with Crippen molar-refractivity contribution in [2.24, 2.45) is 12.8 Å². The Morgan fingerprint density at radius 2 is 2.13 bits per heavy atom. The van der Waals surface area contributed by atoms with Crippen LogP contribution < -0.4 is 11.3 Å². The monoisotopic (exact) mass is 413 g/mol. The van der Waals surface area contributed by atoms with Crippen molar-refractivity contribution in [3.63, 3.8) is 0 Å². The average Bonchev–Trinajstić information content (AvgIpc) is 3.33. The Morgan fingerprint density at radius 1 is 1.27 bits per heavy atom. The summed E-state index contributed by atoms with van der Waals surface area (Å²) in [5.41, 5.74) is 9.28. The number of pyridine rings is 1. The van der Waals surface area contributed by atoms with Crippen LogP contribution in [0.5, 0.6) is 0 Å². The molecule has 4 heterocycles. The minimum absolute atomic E-state index is 0.206.